The van der Waals surface area contributed by atoms with Gasteiger partial charge in [-0.3, -0.25) is 4.79 Å². The number of nitrogens with zero attached hydrogens (tertiary/aromatic N) is 2. The topological polar surface area (TPSA) is 68.0 Å². The first-order valence-corrected chi connectivity index (χ1v) is 10.5. The van der Waals surface area contributed by atoms with Crippen LogP contribution in [0.25, 0.3) is 22.6 Å². The molecule has 1 N–H and O–H groups in total. The third-order valence-electron chi connectivity index (χ3n) is 4.70. The lowest BCUT2D eigenvalue weighted by atomic mass is 10.0. The number of anilines is 1. The Balaban J connectivity index is 1.47. The maximum absolute atomic E-state index is 12.8. The SMILES string of the molecule is Cc1ccccc1-c1nnc(SC(C)C(=O)Nc2ccccc2-c2ccccc2)o1. The maximum Gasteiger partial charge on any atom is 0.277 e. The number of carbonyl (C=O) groups excluding carboxylic acids is 1. The molecule has 0 fully saturated rings. The van der Waals surface area contributed by atoms with Crippen LogP contribution in [-0.4, -0.2) is 21.4 Å². The number of rotatable bonds is 6. The van der Waals surface area contributed by atoms with Crippen molar-refractivity contribution in [1.29, 1.82) is 0 Å². The number of aromatic nitrogens is 2. The standard InChI is InChI=1S/C24H21N3O2S/c1-16-10-6-7-13-19(16)23-26-27-24(29-23)30-17(2)22(28)25-21-15-9-8-14-20(21)18-11-4-3-5-12-18/h3-15,17H,1-2H3,(H,25,28). The lowest BCUT2D eigenvalue weighted by Gasteiger charge is -2.14. The summed E-state index contributed by atoms with van der Waals surface area (Å²) in [5.74, 6) is 0.330. The van der Waals surface area contributed by atoms with E-state index in [0.717, 1.165) is 27.9 Å². The number of hydrogen-bond donors (Lipinski definition) is 1. The summed E-state index contributed by atoms with van der Waals surface area (Å²) in [4.78, 5) is 12.8. The first-order valence-electron chi connectivity index (χ1n) is 9.63. The number of nitrogens with one attached hydrogen (secondary N) is 1. The number of amides is 1. The Morgan fingerprint density at radius 1 is 0.900 bits per heavy atom. The van der Waals surface area contributed by atoms with E-state index < -0.39 is 5.25 Å². The first-order chi connectivity index (χ1) is 14.6. The number of hydrogen-bond acceptors (Lipinski definition) is 5. The van der Waals surface area contributed by atoms with Gasteiger partial charge in [0.15, 0.2) is 0 Å². The van der Waals surface area contributed by atoms with Crippen molar-refractivity contribution < 1.29 is 9.21 Å². The molecule has 0 saturated carbocycles. The van der Waals surface area contributed by atoms with E-state index in [1.54, 1.807) is 0 Å². The summed E-state index contributed by atoms with van der Waals surface area (Å²) in [7, 11) is 0. The number of carbonyl (C=O) groups is 1. The zero-order chi connectivity index (χ0) is 20.9. The second-order valence-electron chi connectivity index (χ2n) is 6.85. The van der Waals surface area contributed by atoms with Crippen LogP contribution in [0.5, 0.6) is 0 Å². The molecule has 4 rings (SSSR count). The monoisotopic (exact) mass is 415 g/mol. The largest absolute Gasteiger partial charge is 0.411 e. The molecule has 1 heterocycles. The Kier molecular flexibility index (Phi) is 5.95. The molecule has 0 aliphatic carbocycles. The number of benzene rings is 3. The van der Waals surface area contributed by atoms with Crippen molar-refractivity contribution in [2.75, 3.05) is 5.32 Å². The fraction of sp³-hybridized carbons (Fsp3) is 0.125. The second kappa shape index (κ2) is 8.97. The fourth-order valence-electron chi connectivity index (χ4n) is 3.08. The third-order valence-corrected chi connectivity index (χ3v) is 5.63. The molecule has 1 aromatic heterocycles. The van der Waals surface area contributed by atoms with Crippen LogP contribution in [0.1, 0.15) is 12.5 Å². The van der Waals surface area contributed by atoms with E-state index in [4.69, 9.17) is 4.42 Å². The summed E-state index contributed by atoms with van der Waals surface area (Å²) in [6, 6.07) is 25.6. The molecule has 30 heavy (non-hydrogen) atoms. The van der Waals surface area contributed by atoms with Crippen molar-refractivity contribution in [1.82, 2.24) is 10.2 Å². The van der Waals surface area contributed by atoms with Gasteiger partial charge in [0.25, 0.3) is 5.22 Å². The quantitative estimate of drug-likeness (QED) is 0.401. The van der Waals surface area contributed by atoms with Crippen LogP contribution in [0.2, 0.25) is 0 Å². The summed E-state index contributed by atoms with van der Waals surface area (Å²) in [5.41, 5.74) is 4.75. The van der Waals surface area contributed by atoms with Crippen LogP contribution >= 0.6 is 11.8 Å². The predicted molar refractivity (Wildman–Crippen MR) is 120 cm³/mol. The molecular formula is C24H21N3O2S. The van der Waals surface area contributed by atoms with Gasteiger partial charge in [-0.25, -0.2) is 0 Å². The van der Waals surface area contributed by atoms with Gasteiger partial charge >= 0.3 is 0 Å². The average Bonchev–Trinajstić information content (AvgIpc) is 3.23. The molecule has 1 atom stereocenters. The minimum absolute atomic E-state index is 0.126. The van der Waals surface area contributed by atoms with Gasteiger partial charge in [-0.05, 0) is 37.1 Å². The summed E-state index contributed by atoms with van der Waals surface area (Å²) in [5, 5.41) is 11.2. The van der Waals surface area contributed by atoms with Crippen molar-refractivity contribution in [3.63, 3.8) is 0 Å². The molecule has 0 aliphatic rings. The molecule has 4 aromatic rings. The highest BCUT2D eigenvalue weighted by Gasteiger charge is 2.20. The Bertz CT molecular complexity index is 1160. The molecule has 5 nitrogen and oxygen atoms in total. The van der Waals surface area contributed by atoms with E-state index in [2.05, 4.69) is 15.5 Å². The summed E-state index contributed by atoms with van der Waals surface area (Å²) in [6.07, 6.45) is 0. The molecular weight excluding hydrogens is 394 g/mol. The summed E-state index contributed by atoms with van der Waals surface area (Å²) < 4.78 is 5.78. The molecule has 0 saturated heterocycles. The lowest BCUT2D eigenvalue weighted by Crippen LogP contribution is -2.22. The molecule has 6 heteroatoms. The molecule has 150 valence electrons. The molecule has 1 amide bonds. The molecule has 3 aromatic carbocycles. The van der Waals surface area contributed by atoms with E-state index in [-0.39, 0.29) is 5.91 Å². The lowest BCUT2D eigenvalue weighted by molar-refractivity contribution is -0.115. The first kappa shape index (κ1) is 19.9. The van der Waals surface area contributed by atoms with Crippen LogP contribution in [0.15, 0.2) is 88.5 Å². The van der Waals surface area contributed by atoms with Crippen molar-refractivity contribution in [3.8, 4) is 22.6 Å². The van der Waals surface area contributed by atoms with Crippen molar-refractivity contribution in [3.05, 3.63) is 84.4 Å². The number of thioether (sulfide) groups is 1. The molecule has 0 aliphatic heterocycles. The normalized spacial score (nSPS) is 11.8. The van der Waals surface area contributed by atoms with Crippen LogP contribution in [0.3, 0.4) is 0 Å². The Hall–Kier alpha value is -3.38. The molecule has 0 radical (unpaired) electrons. The van der Waals surface area contributed by atoms with Crippen LogP contribution in [-0.2, 0) is 4.79 Å². The predicted octanol–water partition coefficient (Wildman–Crippen LogP) is 5.83. The van der Waals surface area contributed by atoms with Gasteiger partial charge < -0.3 is 9.73 Å². The zero-order valence-electron chi connectivity index (χ0n) is 16.7. The Morgan fingerprint density at radius 3 is 2.33 bits per heavy atom. The van der Waals surface area contributed by atoms with Crippen molar-refractivity contribution in [2.45, 2.75) is 24.3 Å². The van der Waals surface area contributed by atoms with Gasteiger partial charge in [-0.2, -0.15) is 0 Å². The maximum atomic E-state index is 12.8. The highest BCUT2D eigenvalue weighted by atomic mass is 32.2. The molecule has 0 spiro atoms. The van der Waals surface area contributed by atoms with Crippen molar-refractivity contribution >= 4 is 23.4 Å². The van der Waals surface area contributed by atoms with Gasteiger partial charge in [0.05, 0.1) is 5.25 Å². The number of aryl methyl sites for hydroxylation is 1. The summed E-state index contributed by atoms with van der Waals surface area (Å²) in [6.45, 7) is 3.81. The Morgan fingerprint density at radius 2 is 1.57 bits per heavy atom. The van der Waals surface area contributed by atoms with Gasteiger partial charge in [0.2, 0.25) is 11.8 Å². The van der Waals surface area contributed by atoms with Gasteiger partial charge in [0.1, 0.15) is 0 Å². The van der Waals surface area contributed by atoms with Crippen LogP contribution < -0.4 is 5.32 Å². The van der Waals surface area contributed by atoms with Crippen LogP contribution in [0.4, 0.5) is 5.69 Å². The van der Waals surface area contributed by atoms with Gasteiger partial charge in [-0.1, -0.05) is 78.5 Å². The minimum Gasteiger partial charge on any atom is -0.411 e. The van der Waals surface area contributed by atoms with E-state index >= 15 is 0 Å². The Labute approximate surface area is 179 Å². The molecule has 0 bridgehead atoms. The van der Waals surface area contributed by atoms with E-state index in [9.17, 15) is 4.79 Å². The number of para-hydroxylation sites is 1. The molecule has 1 unspecified atom stereocenters. The highest BCUT2D eigenvalue weighted by Crippen LogP contribution is 2.30. The fourth-order valence-corrected chi connectivity index (χ4v) is 3.76. The summed E-state index contributed by atoms with van der Waals surface area (Å²) >= 11 is 1.24. The van der Waals surface area contributed by atoms with E-state index in [0.29, 0.717) is 11.1 Å². The zero-order valence-corrected chi connectivity index (χ0v) is 17.5. The van der Waals surface area contributed by atoms with Crippen LogP contribution in [0, 0.1) is 6.92 Å². The highest BCUT2D eigenvalue weighted by molar-refractivity contribution is 8.00. The minimum atomic E-state index is -0.404. The third kappa shape index (κ3) is 4.44. The second-order valence-corrected chi connectivity index (χ2v) is 8.14. The van der Waals surface area contributed by atoms with Crippen molar-refractivity contribution in [2.24, 2.45) is 0 Å². The van der Waals surface area contributed by atoms with E-state index in [1.165, 1.54) is 11.8 Å². The van der Waals surface area contributed by atoms with E-state index in [1.807, 2.05) is 92.7 Å². The van der Waals surface area contributed by atoms with Gasteiger partial charge in [-0.15, -0.1) is 10.2 Å². The smallest absolute Gasteiger partial charge is 0.277 e. The van der Waals surface area contributed by atoms with Gasteiger partial charge in [0, 0.05) is 16.8 Å². The average molecular weight is 416 g/mol.